The van der Waals surface area contributed by atoms with E-state index in [9.17, 15) is 9.59 Å². The average Bonchev–Trinajstić information content (AvgIpc) is 2.61. The number of ether oxygens (including phenoxy) is 1. The molecule has 2 N–H and O–H groups in total. The van der Waals surface area contributed by atoms with E-state index in [4.69, 9.17) is 4.74 Å². The number of amides is 1. The van der Waals surface area contributed by atoms with Crippen LogP contribution in [-0.4, -0.2) is 31.4 Å². The molecule has 0 saturated carbocycles. The number of rotatable bonds is 8. The Morgan fingerprint density at radius 2 is 1.80 bits per heavy atom. The van der Waals surface area contributed by atoms with Crippen LogP contribution in [0.15, 0.2) is 54.6 Å². The molecule has 0 aliphatic heterocycles. The normalized spacial score (nSPS) is 13.1. The van der Waals surface area contributed by atoms with Gasteiger partial charge in [0.1, 0.15) is 6.04 Å². The highest BCUT2D eigenvalue weighted by atomic mass is 16.5. The summed E-state index contributed by atoms with van der Waals surface area (Å²) in [4.78, 5) is 24.4. The van der Waals surface area contributed by atoms with Crippen molar-refractivity contribution in [2.75, 3.05) is 19.0 Å². The number of anilines is 1. The minimum atomic E-state index is -0.521. The van der Waals surface area contributed by atoms with Crippen LogP contribution in [0.5, 0.6) is 0 Å². The van der Waals surface area contributed by atoms with Gasteiger partial charge in [-0.25, -0.2) is 0 Å². The first kappa shape index (κ1) is 18.8. The van der Waals surface area contributed by atoms with Crippen LogP contribution in [-0.2, 0) is 9.53 Å². The molecule has 0 aromatic heterocycles. The molecule has 0 aliphatic rings. The van der Waals surface area contributed by atoms with Crippen LogP contribution >= 0.6 is 0 Å². The first-order valence-electron chi connectivity index (χ1n) is 8.23. The molecule has 2 aromatic rings. The molecule has 2 rings (SSSR count). The predicted octanol–water partition coefficient (Wildman–Crippen LogP) is 3.19. The highest BCUT2D eigenvalue weighted by molar-refractivity contribution is 5.98. The van der Waals surface area contributed by atoms with E-state index in [0.717, 1.165) is 5.56 Å². The largest absolute Gasteiger partial charge is 0.383 e. The minimum absolute atomic E-state index is 0.00418. The van der Waals surface area contributed by atoms with Crippen molar-refractivity contribution in [1.82, 2.24) is 5.32 Å². The Bertz CT molecular complexity index is 716. The highest BCUT2D eigenvalue weighted by Crippen LogP contribution is 2.18. The summed E-state index contributed by atoms with van der Waals surface area (Å²) >= 11 is 0. The zero-order chi connectivity index (χ0) is 18.2. The Morgan fingerprint density at radius 1 is 1.08 bits per heavy atom. The van der Waals surface area contributed by atoms with Crippen molar-refractivity contribution in [2.24, 2.45) is 0 Å². The van der Waals surface area contributed by atoms with Gasteiger partial charge < -0.3 is 10.1 Å². The maximum Gasteiger partial charge on any atom is 0.246 e. The van der Waals surface area contributed by atoms with Crippen molar-refractivity contribution in [3.63, 3.8) is 0 Å². The number of carbonyl (C=O) groups is 2. The summed E-state index contributed by atoms with van der Waals surface area (Å²) in [5, 5.41) is 6.18. The molecule has 25 heavy (non-hydrogen) atoms. The molecule has 0 unspecified atom stereocenters. The number of methoxy groups -OCH3 is 1. The summed E-state index contributed by atoms with van der Waals surface area (Å²) < 4.78 is 5.15. The van der Waals surface area contributed by atoms with Gasteiger partial charge in [0.15, 0.2) is 5.78 Å². The zero-order valence-corrected chi connectivity index (χ0v) is 14.8. The SMILES string of the molecule is COC[C@@H](C)N[C@H](C(=O)Nc1cccc(C(C)=O)c1)c1ccccc1. The van der Waals surface area contributed by atoms with E-state index in [0.29, 0.717) is 17.9 Å². The van der Waals surface area contributed by atoms with E-state index in [1.165, 1.54) is 6.92 Å². The second kappa shape index (κ2) is 9.11. The summed E-state index contributed by atoms with van der Waals surface area (Å²) in [6.07, 6.45) is 0. The smallest absolute Gasteiger partial charge is 0.246 e. The van der Waals surface area contributed by atoms with E-state index in [1.54, 1.807) is 31.4 Å². The Kier molecular flexibility index (Phi) is 6.86. The molecule has 0 radical (unpaired) electrons. The lowest BCUT2D eigenvalue weighted by molar-refractivity contribution is -0.118. The van der Waals surface area contributed by atoms with E-state index >= 15 is 0 Å². The molecule has 2 aromatic carbocycles. The summed E-state index contributed by atoms with van der Waals surface area (Å²) in [5.41, 5.74) is 2.03. The molecule has 0 heterocycles. The lowest BCUT2D eigenvalue weighted by atomic mass is 10.0. The summed E-state index contributed by atoms with van der Waals surface area (Å²) in [5.74, 6) is -0.225. The van der Waals surface area contributed by atoms with E-state index in [1.807, 2.05) is 37.3 Å². The first-order valence-corrected chi connectivity index (χ1v) is 8.23. The molecule has 2 atom stereocenters. The monoisotopic (exact) mass is 340 g/mol. The fraction of sp³-hybridized carbons (Fsp3) is 0.300. The third kappa shape index (κ3) is 5.52. The van der Waals surface area contributed by atoms with Crippen molar-refractivity contribution in [2.45, 2.75) is 25.9 Å². The minimum Gasteiger partial charge on any atom is -0.383 e. The molecule has 0 spiro atoms. The van der Waals surface area contributed by atoms with Gasteiger partial charge in [0.05, 0.1) is 6.61 Å². The van der Waals surface area contributed by atoms with Crippen LogP contribution in [0.2, 0.25) is 0 Å². The highest BCUT2D eigenvalue weighted by Gasteiger charge is 2.22. The maximum atomic E-state index is 12.8. The Morgan fingerprint density at radius 3 is 2.44 bits per heavy atom. The van der Waals surface area contributed by atoms with Crippen LogP contribution in [0, 0.1) is 0 Å². The molecule has 0 saturated heterocycles. The van der Waals surface area contributed by atoms with Gasteiger partial charge in [-0.05, 0) is 31.5 Å². The van der Waals surface area contributed by atoms with Crippen LogP contribution in [0.4, 0.5) is 5.69 Å². The Hall–Kier alpha value is -2.50. The topological polar surface area (TPSA) is 67.4 Å². The van der Waals surface area contributed by atoms with Gasteiger partial charge in [0.2, 0.25) is 5.91 Å². The quantitative estimate of drug-likeness (QED) is 0.724. The number of hydrogen-bond donors (Lipinski definition) is 2. The average molecular weight is 340 g/mol. The molecule has 0 bridgehead atoms. The second-order valence-corrected chi connectivity index (χ2v) is 5.99. The zero-order valence-electron chi connectivity index (χ0n) is 14.8. The second-order valence-electron chi connectivity index (χ2n) is 5.99. The molecular formula is C20H24N2O3. The fourth-order valence-electron chi connectivity index (χ4n) is 2.58. The molecule has 0 fully saturated rings. The number of nitrogens with one attached hydrogen (secondary N) is 2. The number of Topliss-reactive ketones (excluding diaryl/α,β-unsaturated/α-hetero) is 1. The molecule has 5 heteroatoms. The van der Waals surface area contributed by atoms with Crippen molar-refractivity contribution in [1.29, 1.82) is 0 Å². The van der Waals surface area contributed by atoms with E-state index < -0.39 is 6.04 Å². The number of ketones is 1. The predicted molar refractivity (Wildman–Crippen MR) is 98.7 cm³/mol. The molecule has 132 valence electrons. The van der Waals surface area contributed by atoms with Crippen LogP contribution in [0.1, 0.15) is 35.8 Å². The molecule has 5 nitrogen and oxygen atoms in total. The van der Waals surface area contributed by atoms with Crippen molar-refractivity contribution >= 4 is 17.4 Å². The standard InChI is InChI=1S/C20H24N2O3/c1-14(13-25-3)21-19(16-8-5-4-6-9-16)20(24)22-18-11-7-10-17(12-18)15(2)23/h4-12,14,19,21H,13H2,1-3H3,(H,22,24)/t14-,19+/m1/s1. The van der Waals surface area contributed by atoms with Crippen LogP contribution in [0.25, 0.3) is 0 Å². The molecule has 0 aliphatic carbocycles. The van der Waals surface area contributed by atoms with Crippen LogP contribution in [0.3, 0.4) is 0 Å². The third-order valence-electron chi connectivity index (χ3n) is 3.80. The van der Waals surface area contributed by atoms with E-state index in [2.05, 4.69) is 10.6 Å². The van der Waals surface area contributed by atoms with Gasteiger partial charge in [0.25, 0.3) is 0 Å². The fourth-order valence-corrected chi connectivity index (χ4v) is 2.58. The van der Waals surface area contributed by atoms with Crippen LogP contribution < -0.4 is 10.6 Å². The maximum absolute atomic E-state index is 12.8. The number of benzene rings is 2. The van der Waals surface area contributed by atoms with Gasteiger partial charge >= 0.3 is 0 Å². The summed E-state index contributed by atoms with van der Waals surface area (Å²) in [6.45, 7) is 3.96. The summed E-state index contributed by atoms with van der Waals surface area (Å²) in [7, 11) is 1.63. The van der Waals surface area contributed by atoms with Crippen molar-refractivity contribution in [3.05, 3.63) is 65.7 Å². The summed E-state index contributed by atoms with van der Waals surface area (Å²) in [6, 6.07) is 15.9. The Balaban J connectivity index is 2.20. The molecular weight excluding hydrogens is 316 g/mol. The number of hydrogen-bond acceptors (Lipinski definition) is 4. The first-order chi connectivity index (χ1) is 12.0. The van der Waals surface area contributed by atoms with Gasteiger partial charge in [-0.15, -0.1) is 0 Å². The third-order valence-corrected chi connectivity index (χ3v) is 3.80. The lowest BCUT2D eigenvalue weighted by Crippen LogP contribution is -2.40. The number of carbonyl (C=O) groups excluding carboxylic acids is 2. The molecule has 1 amide bonds. The van der Waals surface area contributed by atoms with Gasteiger partial charge in [-0.3, -0.25) is 14.9 Å². The van der Waals surface area contributed by atoms with Gasteiger partial charge in [0, 0.05) is 24.4 Å². The van der Waals surface area contributed by atoms with Crippen molar-refractivity contribution in [3.8, 4) is 0 Å². The van der Waals surface area contributed by atoms with Crippen molar-refractivity contribution < 1.29 is 14.3 Å². The Labute approximate surface area is 148 Å². The van der Waals surface area contributed by atoms with Gasteiger partial charge in [-0.2, -0.15) is 0 Å². The van der Waals surface area contributed by atoms with E-state index in [-0.39, 0.29) is 17.7 Å². The van der Waals surface area contributed by atoms with Gasteiger partial charge in [-0.1, -0.05) is 42.5 Å². The lowest BCUT2D eigenvalue weighted by Gasteiger charge is -2.23.